The Morgan fingerprint density at radius 2 is 1.92 bits per heavy atom. The highest BCUT2D eigenvalue weighted by Crippen LogP contribution is 2.35. The van der Waals surface area contributed by atoms with Gasteiger partial charge in [0.2, 0.25) is 0 Å². The Hall–Kier alpha value is -1.91. The fourth-order valence-corrected chi connectivity index (χ4v) is 2.82. The van der Waals surface area contributed by atoms with Gasteiger partial charge in [0, 0.05) is 30.9 Å². The quantitative estimate of drug-likeness (QED) is 0.609. The summed E-state index contributed by atoms with van der Waals surface area (Å²) in [6.07, 6.45) is 3.55. The van der Waals surface area contributed by atoms with Gasteiger partial charge in [-0.1, -0.05) is 35.9 Å². The first kappa shape index (κ1) is 16.9. The first-order chi connectivity index (χ1) is 11.5. The summed E-state index contributed by atoms with van der Waals surface area (Å²) < 4.78 is 0. The first-order valence-corrected chi connectivity index (χ1v) is 8.57. The topological polar surface area (TPSA) is 45.2 Å². The van der Waals surface area contributed by atoms with Gasteiger partial charge in [-0.15, -0.1) is 0 Å². The lowest BCUT2D eigenvalue weighted by Crippen LogP contribution is -2.11. The molecule has 1 saturated carbocycles. The molecule has 1 aromatic carbocycles. The first-order valence-electron chi connectivity index (χ1n) is 8.19. The summed E-state index contributed by atoms with van der Waals surface area (Å²) in [6, 6.07) is 10.2. The Morgan fingerprint density at radius 1 is 1.25 bits per heavy atom. The van der Waals surface area contributed by atoms with Crippen LogP contribution in [-0.4, -0.2) is 29.8 Å². The molecule has 1 aliphatic carbocycles. The van der Waals surface area contributed by atoms with Crippen molar-refractivity contribution in [3.63, 3.8) is 0 Å². The fourth-order valence-electron chi connectivity index (χ4n) is 2.66. The van der Waals surface area contributed by atoms with Crippen LogP contribution in [0.3, 0.4) is 0 Å². The molecule has 4 nitrogen and oxygen atoms in total. The van der Waals surface area contributed by atoms with Crippen LogP contribution in [0, 0.1) is 5.92 Å². The van der Waals surface area contributed by atoms with Gasteiger partial charge in [0.15, 0.2) is 5.78 Å². The molecule has 0 amide bonds. The third-order valence-electron chi connectivity index (χ3n) is 4.09. The predicted octanol–water partition coefficient (Wildman–Crippen LogP) is 4.00. The molecule has 1 fully saturated rings. The van der Waals surface area contributed by atoms with Crippen molar-refractivity contribution in [1.82, 2.24) is 9.88 Å². The largest absolute Gasteiger partial charge is 0.380 e. The van der Waals surface area contributed by atoms with E-state index < -0.39 is 0 Å². The molecule has 0 unspecified atom stereocenters. The lowest BCUT2D eigenvalue weighted by atomic mass is 10.1. The molecule has 3 rings (SSSR count). The van der Waals surface area contributed by atoms with E-state index >= 15 is 0 Å². The highest BCUT2D eigenvalue weighted by atomic mass is 35.5. The van der Waals surface area contributed by atoms with Crippen molar-refractivity contribution in [1.29, 1.82) is 0 Å². The monoisotopic (exact) mass is 343 g/mol. The summed E-state index contributed by atoms with van der Waals surface area (Å²) in [4.78, 5) is 18.6. The number of carbonyl (C=O) groups excluding carboxylic acids is 1. The van der Waals surface area contributed by atoms with E-state index in [1.807, 2.05) is 0 Å². The lowest BCUT2D eigenvalue weighted by molar-refractivity contribution is 0.0968. The Labute approximate surface area is 147 Å². The van der Waals surface area contributed by atoms with E-state index in [-0.39, 0.29) is 11.7 Å². The second kappa shape index (κ2) is 7.32. The van der Waals surface area contributed by atoms with Gasteiger partial charge in [0.05, 0.1) is 5.56 Å². The molecule has 1 aromatic heterocycles. The Balaban J connectivity index is 1.69. The van der Waals surface area contributed by atoms with E-state index in [9.17, 15) is 4.79 Å². The number of rotatable bonds is 7. The molecule has 1 N–H and O–H groups in total. The standard InChI is InChI=1S/C19H22ClN3O/c1-23(2)12-14-5-3-13(4-6-14)10-21-17-9-18(20)22-11-16(17)19(24)15-7-8-15/h3-6,9,11,15H,7-8,10,12H2,1-2H3,(H,21,22). The van der Waals surface area contributed by atoms with Crippen LogP contribution in [-0.2, 0) is 13.1 Å². The van der Waals surface area contributed by atoms with Crippen LogP contribution in [0.4, 0.5) is 5.69 Å². The van der Waals surface area contributed by atoms with Gasteiger partial charge in [0.1, 0.15) is 5.15 Å². The molecular formula is C19H22ClN3O. The summed E-state index contributed by atoms with van der Waals surface area (Å²) in [7, 11) is 4.11. The number of Topliss-reactive ketones (excluding diaryl/α,β-unsaturated/α-hetero) is 1. The summed E-state index contributed by atoms with van der Waals surface area (Å²) in [6.45, 7) is 1.57. The predicted molar refractivity (Wildman–Crippen MR) is 97.5 cm³/mol. The number of carbonyl (C=O) groups is 1. The van der Waals surface area contributed by atoms with Gasteiger partial charge in [-0.3, -0.25) is 4.79 Å². The highest BCUT2D eigenvalue weighted by molar-refractivity contribution is 6.29. The molecule has 0 aliphatic heterocycles. The van der Waals surface area contributed by atoms with Gasteiger partial charge < -0.3 is 10.2 Å². The molecular weight excluding hydrogens is 322 g/mol. The Bertz CT molecular complexity index is 724. The number of hydrogen-bond donors (Lipinski definition) is 1. The third kappa shape index (κ3) is 4.34. The average molecular weight is 344 g/mol. The second-order valence-electron chi connectivity index (χ2n) is 6.60. The maximum atomic E-state index is 12.4. The number of benzene rings is 1. The van der Waals surface area contributed by atoms with Gasteiger partial charge in [-0.05, 0) is 44.1 Å². The van der Waals surface area contributed by atoms with Crippen molar-refractivity contribution in [2.45, 2.75) is 25.9 Å². The van der Waals surface area contributed by atoms with Crippen LogP contribution in [0.5, 0.6) is 0 Å². The highest BCUT2D eigenvalue weighted by Gasteiger charge is 2.32. The molecule has 0 atom stereocenters. The van der Waals surface area contributed by atoms with Crippen LogP contribution >= 0.6 is 11.6 Å². The molecule has 5 heteroatoms. The van der Waals surface area contributed by atoms with Crippen molar-refractivity contribution in [2.75, 3.05) is 19.4 Å². The van der Waals surface area contributed by atoms with Crippen LogP contribution < -0.4 is 5.32 Å². The Morgan fingerprint density at radius 3 is 2.54 bits per heavy atom. The lowest BCUT2D eigenvalue weighted by Gasteiger charge is -2.13. The van der Waals surface area contributed by atoms with E-state index in [1.165, 1.54) is 5.56 Å². The molecule has 24 heavy (non-hydrogen) atoms. The van der Waals surface area contributed by atoms with Gasteiger partial charge in [0.25, 0.3) is 0 Å². The van der Waals surface area contributed by atoms with E-state index in [2.05, 4.69) is 53.6 Å². The molecule has 1 aliphatic rings. The van der Waals surface area contributed by atoms with Crippen molar-refractivity contribution in [3.05, 3.63) is 58.4 Å². The second-order valence-corrected chi connectivity index (χ2v) is 6.99. The number of aromatic nitrogens is 1. The summed E-state index contributed by atoms with van der Waals surface area (Å²) in [5.41, 5.74) is 3.85. The molecule has 2 aromatic rings. The number of pyridine rings is 1. The van der Waals surface area contributed by atoms with E-state index in [4.69, 9.17) is 11.6 Å². The van der Waals surface area contributed by atoms with Crippen LogP contribution in [0.15, 0.2) is 36.5 Å². The maximum Gasteiger partial charge on any atom is 0.169 e. The molecule has 0 bridgehead atoms. The van der Waals surface area contributed by atoms with Crippen molar-refractivity contribution in [2.24, 2.45) is 5.92 Å². The Kier molecular flexibility index (Phi) is 5.17. The smallest absolute Gasteiger partial charge is 0.169 e. The summed E-state index contributed by atoms with van der Waals surface area (Å²) >= 11 is 6.00. The fraction of sp³-hybridized carbons (Fsp3) is 0.368. The number of hydrogen-bond acceptors (Lipinski definition) is 4. The van der Waals surface area contributed by atoms with E-state index in [1.54, 1.807) is 12.3 Å². The zero-order valence-electron chi connectivity index (χ0n) is 14.1. The SMILES string of the molecule is CN(C)Cc1ccc(CNc2cc(Cl)ncc2C(=O)C2CC2)cc1. The number of nitrogens with one attached hydrogen (secondary N) is 1. The number of halogens is 1. The third-order valence-corrected chi connectivity index (χ3v) is 4.30. The average Bonchev–Trinajstić information content (AvgIpc) is 3.38. The van der Waals surface area contributed by atoms with Crippen molar-refractivity contribution < 1.29 is 4.79 Å². The van der Waals surface area contributed by atoms with Crippen LogP contribution in [0.2, 0.25) is 5.15 Å². The van der Waals surface area contributed by atoms with Gasteiger partial charge in [-0.25, -0.2) is 4.98 Å². The maximum absolute atomic E-state index is 12.4. The van der Waals surface area contributed by atoms with E-state index in [0.29, 0.717) is 17.3 Å². The minimum atomic E-state index is 0.166. The molecule has 0 spiro atoms. The molecule has 0 radical (unpaired) electrons. The van der Waals surface area contributed by atoms with Gasteiger partial charge >= 0.3 is 0 Å². The minimum Gasteiger partial charge on any atom is -0.380 e. The molecule has 126 valence electrons. The van der Waals surface area contributed by atoms with Crippen LogP contribution in [0.25, 0.3) is 0 Å². The van der Waals surface area contributed by atoms with Crippen molar-refractivity contribution >= 4 is 23.1 Å². The van der Waals surface area contributed by atoms with E-state index in [0.717, 1.165) is 30.6 Å². The molecule has 0 saturated heterocycles. The number of nitrogens with zero attached hydrogens (tertiary/aromatic N) is 2. The van der Waals surface area contributed by atoms with Crippen LogP contribution in [0.1, 0.15) is 34.3 Å². The zero-order valence-corrected chi connectivity index (χ0v) is 14.8. The van der Waals surface area contributed by atoms with Gasteiger partial charge in [-0.2, -0.15) is 0 Å². The summed E-state index contributed by atoms with van der Waals surface area (Å²) in [5, 5.41) is 3.73. The minimum absolute atomic E-state index is 0.166. The zero-order chi connectivity index (χ0) is 17.1. The number of anilines is 1. The molecule has 1 heterocycles. The summed E-state index contributed by atoms with van der Waals surface area (Å²) in [5.74, 6) is 0.335. The van der Waals surface area contributed by atoms with Crippen molar-refractivity contribution in [3.8, 4) is 0 Å². The number of ketones is 1. The normalized spacial score (nSPS) is 14.0.